The lowest BCUT2D eigenvalue weighted by molar-refractivity contribution is -0.141. The summed E-state index contributed by atoms with van der Waals surface area (Å²) in [5.74, 6) is -1.36. The van der Waals surface area contributed by atoms with Gasteiger partial charge in [-0.05, 0) is 25.8 Å². The summed E-state index contributed by atoms with van der Waals surface area (Å²) in [6.07, 6.45) is -1.50. The third-order valence-electron chi connectivity index (χ3n) is 5.00. The Hall–Kier alpha value is -2.85. The van der Waals surface area contributed by atoms with Crippen LogP contribution in [0.4, 0.5) is 18.9 Å². The molecule has 8 nitrogen and oxygen atoms in total. The van der Waals surface area contributed by atoms with E-state index in [1.807, 2.05) is 6.92 Å². The van der Waals surface area contributed by atoms with Crippen LogP contribution in [0.3, 0.4) is 0 Å². The number of nitrogens with zero attached hydrogens (tertiary/aromatic N) is 5. The van der Waals surface area contributed by atoms with Crippen molar-refractivity contribution in [2.75, 3.05) is 19.4 Å². The second-order valence-corrected chi connectivity index (χ2v) is 7.72. The van der Waals surface area contributed by atoms with Crippen LogP contribution in [0, 0.1) is 5.92 Å². The quantitative estimate of drug-likeness (QED) is 0.738. The molecule has 0 aromatic carbocycles. The number of alkyl halides is 3. The Bertz CT molecular complexity index is 943. The Balaban J connectivity index is 1.77. The van der Waals surface area contributed by atoms with Gasteiger partial charge in [-0.15, -0.1) is 0 Å². The van der Waals surface area contributed by atoms with E-state index in [1.54, 1.807) is 21.0 Å². The predicted octanol–water partition coefficient (Wildman–Crippen LogP) is 2.97. The second-order valence-electron chi connectivity index (χ2n) is 7.72. The Labute approximate surface area is 172 Å². The molecule has 1 aliphatic carbocycles. The predicted molar refractivity (Wildman–Crippen MR) is 103 cm³/mol. The number of carbonyl (C=O) groups excluding carboxylic acids is 2. The molecule has 1 unspecified atom stereocenters. The van der Waals surface area contributed by atoms with E-state index in [2.05, 4.69) is 15.5 Å². The van der Waals surface area contributed by atoms with Gasteiger partial charge in [0, 0.05) is 32.3 Å². The van der Waals surface area contributed by atoms with Crippen molar-refractivity contribution in [3.8, 4) is 0 Å². The van der Waals surface area contributed by atoms with E-state index in [0.717, 1.165) is 18.9 Å². The molecule has 164 valence electrons. The van der Waals surface area contributed by atoms with Crippen LogP contribution in [0.2, 0.25) is 0 Å². The minimum Gasteiger partial charge on any atom is -0.343 e. The largest absolute Gasteiger partial charge is 0.435 e. The van der Waals surface area contributed by atoms with Crippen molar-refractivity contribution in [1.29, 1.82) is 0 Å². The lowest BCUT2D eigenvalue weighted by Crippen LogP contribution is -2.29. The normalized spacial score (nSPS) is 15.2. The molecule has 2 amide bonds. The molecule has 3 rings (SSSR count). The first kappa shape index (κ1) is 21.8. The molecule has 2 aromatic rings. The fraction of sp³-hybridized carbons (Fsp3) is 0.579. The van der Waals surface area contributed by atoms with E-state index in [1.165, 1.54) is 20.5 Å². The minimum absolute atomic E-state index is 0.00657. The number of anilines is 1. The van der Waals surface area contributed by atoms with Crippen molar-refractivity contribution in [1.82, 2.24) is 24.5 Å². The van der Waals surface area contributed by atoms with Gasteiger partial charge in [-0.2, -0.15) is 23.4 Å². The van der Waals surface area contributed by atoms with Gasteiger partial charge in [0.05, 0.1) is 24.3 Å². The number of carbonyl (C=O) groups is 2. The highest BCUT2D eigenvalue weighted by Gasteiger charge is 2.38. The molecular formula is C19H25F3N6O2. The monoisotopic (exact) mass is 426 g/mol. The highest BCUT2D eigenvalue weighted by molar-refractivity contribution is 6.02. The summed E-state index contributed by atoms with van der Waals surface area (Å²) in [6, 6.07) is 1.07. The van der Waals surface area contributed by atoms with Gasteiger partial charge in [0.15, 0.2) is 5.69 Å². The van der Waals surface area contributed by atoms with Gasteiger partial charge < -0.3 is 10.2 Å². The molecule has 1 saturated carbocycles. The molecular weight excluding hydrogens is 401 g/mol. The molecule has 0 spiro atoms. The van der Waals surface area contributed by atoms with Gasteiger partial charge in [-0.1, -0.05) is 6.92 Å². The fourth-order valence-electron chi connectivity index (χ4n) is 3.18. The van der Waals surface area contributed by atoms with Crippen molar-refractivity contribution in [3.63, 3.8) is 0 Å². The molecule has 0 radical (unpaired) electrons. The van der Waals surface area contributed by atoms with Crippen LogP contribution in [0.5, 0.6) is 0 Å². The zero-order valence-corrected chi connectivity index (χ0v) is 17.3. The smallest absolute Gasteiger partial charge is 0.343 e. The maximum Gasteiger partial charge on any atom is 0.435 e. The van der Waals surface area contributed by atoms with Gasteiger partial charge in [-0.3, -0.25) is 19.0 Å². The Morgan fingerprint density at radius 2 is 1.97 bits per heavy atom. The SMILES string of the molecule is CCn1ncc(NC(=O)C(C)Cn2nc(C(F)(F)F)cc2C2CC2)c1C(=O)N(C)C. The number of aryl methyl sites for hydroxylation is 1. The van der Waals surface area contributed by atoms with E-state index in [9.17, 15) is 22.8 Å². The maximum atomic E-state index is 13.1. The zero-order valence-electron chi connectivity index (χ0n) is 17.3. The van der Waals surface area contributed by atoms with Crippen molar-refractivity contribution in [2.45, 2.75) is 51.9 Å². The van der Waals surface area contributed by atoms with E-state index < -0.39 is 23.7 Å². The molecule has 1 N–H and O–H groups in total. The standard InChI is InChI=1S/C19H25F3N6O2/c1-5-27-16(18(30)26(3)4)13(9-23-27)24-17(29)11(2)10-28-14(12-6-7-12)8-15(25-28)19(20,21)22/h8-9,11-12H,5-7,10H2,1-4H3,(H,24,29). The molecule has 1 fully saturated rings. The minimum atomic E-state index is -4.53. The number of nitrogens with one attached hydrogen (secondary N) is 1. The summed E-state index contributed by atoms with van der Waals surface area (Å²) in [4.78, 5) is 26.6. The van der Waals surface area contributed by atoms with Gasteiger partial charge in [0.2, 0.25) is 5.91 Å². The lowest BCUT2D eigenvalue weighted by Gasteiger charge is -2.16. The van der Waals surface area contributed by atoms with Crippen molar-refractivity contribution < 1.29 is 22.8 Å². The van der Waals surface area contributed by atoms with Crippen molar-refractivity contribution in [3.05, 3.63) is 29.3 Å². The number of amides is 2. The summed E-state index contributed by atoms with van der Waals surface area (Å²) in [5.41, 5.74) is 0.0794. The van der Waals surface area contributed by atoms with Gasteiger partial charge >= 0.3 is 6.18 Å². The summed E-state index contributed by atoms with van der Waals surface area (Å²) >= 11 is 0. The molecule has 0 bridgehead atoms. The summed E-state index contributed by atoms with van der Waals surface area (Å²) < 4.78 is 42.0. The first-order valence-electron chi connectivity index (χ1n) is 9.76. The van der Waals surface area contributed by atoms with Gasteiger partial charge in [0.25, 0.3) is 5.91 Å². The number of halogens is 3. The summed E-state index contributed by atoms with van der Waals surface area (Å²) in [6.45, 7) is 3.88. The van der Waals surface area contributed by atoms with E-state index >= 15 is 0 Å². The number of aromatic nitrogens is 4. The number of hydrogen-bond donors (Lipinski definition) is 1. The Kier molecular flexibility index (Phi) is 5.91. The van der Waals surface area contributed by atoms with E-state index in [4.69, 9.17) is 0 Å². The molecule has 2 aromatic heterocycles. The molecule has 30 heavy (non-hydrogen) atoms. The average Bonchev–Trinajstić information content (AvgIpc) is 3.29. The highest BCUT2D eigenvalue weighted by Crippen LogP contribution is 2.42. The highest BCUT2D eigenvalue weighted by atomic mass is 19.4. The Morgan fingerprint density at radius 3 is 2.50 bits per heavy atom. The second kappa shape index (κ2) is 8.11. The third kappa shape index (κ3) is 4.49. The molecule has 0 saturated heterocycles. The van der Waals surface area contributed by atoms with Gasteiger partial charge in [0.1, 0.15) is 5.69 Å². The fourth-order valence-corrected chi connectivity index (χ4v) is 3.18. The van der Waals surface area contributed by atoms with Crippen molar-refractivity contribution in [2.24, 2.45) is 5.92 Å². The van der Waals surface area contributed by atoms with Crippen LogP contribution in [-0.4, -0.2) is 50.4 Å². The van der Waals surface area contributed by atoms with Crippen LogP contribution < -0.4 is 5.32 Å². The maximum absolute atomic E-state index is 13.1. The first-order chi connectivity index (χ1) is 14.0. The van der Waals surface area contributed by atoms with Crippen LogP contribution >= 0.6 is 0 Å². The first-order valence-corrected chi connectivity index (χ1v) is 9.76. The number of rotatable bonds is 7. The van der Waals surface area contributed by atoms with E-state index in [-0.39, 0.29) is 29.8 Å². The van der Waals surface area contributed by atoms with Gasteiger partial charge in [-0.25, -0.2) is 0 Å². The average molecular weight is 426 g/mol. The molecule has 1 aliphatic rings. The topological polar surface area (TPSA) is 85.0 Å². The summed E-state index contributed by atoms with van der Waals surface area (Å²) in [7, 11) is 3.19. The van der Waals surface area contributed by atoms with Crippen LogP contribution in [0.15, 0.2) is 12.3 Å². The Morgan fingerprint density at radius 1 is 1.30 bits per heavy atom. The van der Waals surface area contributed by atoms with Crippen LogP contribution in [0.25, 0.3) is 0 Å². The molecule has 1 atom stereocenters. The molecule has 11 heteroatoms. The third-order valence-corrected chi connectivity index (χ3v) is 5.00. The zero-order chi connectivity index (χ0) is 22.2. The summed E-state index contributed by atoms with van der Waals surface area (Å²) in [5, 5.41) is 10.5. The van der Waals surface area contributed by atoms with Crippen LogP contribution in [0.1, 0.15) is 54.5 Å². The molecule has 2 heterocycles. The number of hydrogen-bond acceptors (Lipinski definition) is 4. The van der Waals surface area contributed by atoms with Crippen LogP contribution in [-0.2, 0) is 24.1 Å². The van der Waals surface area contributed by atoms with Crippen molar-refractivity contribution >= 4 is 17.5 Å². The van der Waals surface area contributed by atoms with E-state index in [0.29, 0.717) is 12.2 Å². The lowest BCUT2D eigenvalue weighted by atomic mass is 10.1. The molecule has 0 aliphatic heterocycles.